The molecule has 0 saturated carbocycles. The molecular weight excluding hydrogens is 500 g/mol. The summed E-state index contributed by atoms with van der Waals surface area (Å²) in [6, 6.07) is 0. The number of carboxylic acid groups (broad SMARTS) is 8. The van der Waals surface area contributed by atoms with E-state index in [1.165, 1.54) is 28.2 Å². The summed E-state index contributed by atoms with van der Waals surface area (Å²) in [7, 11) is 5.90. The summed E-state index contributed by atoms with van der Waals surface area (Å²) in [5.74, 6) is -7.54. The summed E-state index contributed by atoms with van der Waals surface area (Å²) >= 11 is 0. The summed E-state index contributed by atoms with van der Waals surface area (Å²) in [5, 5.41) is 62.7. The molecule has 0 aliphatic heterocycles. The summed E-state index contributed by atoms with van der Waals surface area (Å²) in [5.41, 5.74) is 0. The fourth-order valence-electron chi connectivity index (χ4n) is 0.428. The maximum Gasteiger partial charge on any atom is 0.406 e. The lowest BCUT2D eigenvalue weighted by Crippen LogP contribution is -2.18. The largest absolute Gasteiger partial charge is 0.478 e. The molecule has 0 radical (unpaired) electrons. The minimum Gasteiger partial charge on any atom is -0.478 e. The van der Waals surface area contributed by atoms with Gasteiger partial charge < -0.3 is 50.7 Å². The number of amides is 2. The van der Waals surface area contributed by atoms with E-state index in [1.807, 2.05) is 0 Å². The number of hydrogen-bond donors (Lipinski definition) is 8. The molecule has 0 aliphatic carbocycles. The molecule has 0 heterocycles. The first-order valence-corrected chi connectivity index (χ1v) is 8.39. The lowest BCUT2D eigenvalue weighted by molar-refractivity contribution is -0.134. The summed E-state index contributed by atoms with van der Waals surface area (Å²) in [4.78, 5) is 78.7. The van der Waals surface area contributed by atoms with E-state index in [1.54, 1.807) is 0 Å². The van der Waals surface area contributed by atoms with Gasteiger partial charge in [-0.2, -0.15) is 0 Å². The number of aliphatic carboxylic acids is 6. The Labute approximate surface area is 202 Å². The first-order valence-electron chi connectivity index (χ1n) is 8.39. The van der Waals surface area contributed by atoms with Crippen molar-refractivity contribution < 1.29 is 79.2 Å². The van der Waals surface area contributed by atoms with E-state index in [2.05, 4.69) is 0 Å². The van der Waals surface area contributed by atoms with Gasteiger partial charge in [0.1, 0.15) is 0 Å². The van der Waals surface area contributed by atoms with Crippen LogP contribution in [-0.4, -0.2) is 127 Å². The summed E-state index contributed by atoms with van der Waals surface area (Å²) < 4.78 is 0. The molecule has 0 spiro atoms. The molecule has 0 aromatic heterocycles. The van der Waals surface area contributed by atoms with Crippen LogP contribution < -0.4 is 0 Å². The molecule has 0 unspecified atom stereocenters. The fourth-order valence-corrected chi connectivity index (χ4v) is 0.428. The van der Waals surface area contributed by atoms with Crippen molar-refractivity contribution in [3.8, 4) is 0 Å². The van der Waals surface area contributed by atoms with E-state index in [-0.39, 0.29) is 0 Å². The van der Waals surface area contributed by atoms with Crippen LogP contribution in [0.1, 0.15) is 0 Å². The second kappa shape index (κ2) is 25.8. The zero-order valence-electron chi connectivity index (χ0n) is 19.2. The molecule has 18 heteroatoms. The van der Waals surface area contributed by atoms with Gasteiger partial charge in [-0.25, -0.2) is 38.4 Å². The Morgan fingerprint density at radius 2 is 0.444 bits per heavy atom. The van der Waals surface area contributed by atoms with Crippen molar-refractivity contribution in [1.29, 1.82) is 0 Å². The molecule has 0 atom stereocenters. The van der Waals surface area contributed by atoms with E-state index in [0.717, 1.165) is 9.80 Å². The normalized spacial score (nSPS) is 8.89. The molecule has 2 amide bonds. The van der Waals surface area contributed by atoms with Crippen LogP contribution in [0.2, 0.25) is 0 Å². The van der Waals surface area contributed by atoms with Gasteiger partial charge in [0.2, 0.25) is 0 Å². The minimum absolute atomic E-state index is 0.558. The Hall–Kier alpha value is -5.42. The van der Waals surface area contributed by atoms with Gasteiger partial charge in [0, 0.05) is 64.6 Å². The lowest BCUT2D eigenvalue weighted by Gasteiger charge is -1.99. The van der Waals surface area contributed by atoms with Crippen LogP contribution in [-0.2, 0) is 28.8 Å². The standard InChI is InChI=1S/3C4H4O4.2C3H7NO2/c3*5-3(6)1-2-4(7)8;2*1-4(2)3(5)6/h3*1-2H,(H,5,6)(H,7,8);2*1-2H3,(H,5,6)/b3*2-1+;;. The van der Waals surface area contributed by atoms with Gasteiger partial charge in [0.25, 0.3) is 0 Å². The number of rotatable bonds is 6. The lowest BCUT2D eigenvalue weighted by atomic mass is 10.5. The zero-order chi connectivity index (χ0) is 30.0. The third-order valence-corrected chi connectivity index (χ3v) is 1.87. The van der Waals surface area contributed by atoms with Crippen LogP contribution in [0.25, 0.3) is 0 Å². The molecule has 0 rings (SSSR count). The van der Waals surface area contributed by atoms with E-state index in [0.29, 0.717) is 36.5 Å². The van der Waals surface area contributed by atoms with Crippen molar-refractivity contribution in [2.24, 2.45) is 0 Å². The Balaban J connectivity index is -0.000000112. The van der Waals surface area contributed by atoms with Gasteiger partial charge in [-0.05, 0) is 0 Å². The highest BCUT2D eigenvalue weighted by molar-refractivity contribution is 5.90. The van der Waals surface area contributed by atoms with E-state index in [4.69, 9.17) is 40.9 Å². The number of hydrogen-bond acceptors (Lipinski definition) is 8. The van der Waals surface area contributed by atoms with Gasteiger partial charge in [-0.3, -0.25) is 0 Å². The van der Waals surface area contributed by atoms with Crippen molar-refractivity contribution in [3.63, 3.8) is 0 Å². The SMILES string of the molecule is CN(C)C(=O)O.CN(C)C(=O)O.O=C(O)/C=C/C(=O)O.O=C(O)/C=C/C(=O)O.O=C(O)/C=C/C(=O)O. The molecule has 0 aromatic rings. The van der Waals surface area contributed by atoms with E-state index >= 15 is 0 Å². The Morgan fingerprint density at radius 1 is 0.361 bits per heavy atom. The molecule has 0 saturated heterocycles. The average molecular weight is 526 g/mol. The van der Waals surface area contributed by atoms with Crippen molar-refractivity contribution in [2.45, 2.75) is 0 Å². The predicted octanol–water partition coefficient (Wildman–Crippen LogP) is -0.413. The molecule has 36 heavy (non-hydrogen) atoms. The van der Waals surface area contributed by atoms with Crippen molar-refractivity contribution >= 4 is 48.0 Å². The molecular formula is C18H26N2O16. The highest BCUT2D eigenvalue weighted by atomic mass is 16.4. The minimum atomic E-state index is -1.26. The Bertz CT molecular complexity index is 693. The quantitative estimate of drug-likeness (QED) is 0.204. The van der Waals surface area contributed by atoms with Crippen LogP contribution in [0.3, 0.4) is 0 Å². The van der Waals surface area contributed by atoms with Crippen molar-refractivity contribution in [3.05, 3.63) is 36.5 Å². The zero-order valence-corrected chi connectivity index (χ0v) is 19.2. The number of carboxylic acids is 6. The topological polar surface area (TPSA) is 305 Å². The molecule has 8 N–H and O–H groups in total. The first kappa shape index (κ1) is 40.9. The monoisotopic (exact) mass is 526 g/mol. The highest BCUT2D eigenvalue weighted by Gasteiger charge is 1.93. The molecule has 204 valence electrons. The van der Waals surface area contributed by atoms with Gasteiger partial charge in [-0.15, -0.1) is 0 Å². The van der Waals surface area contributed by atoms with Gasteiger partial charge >= 0.3 is 48.0 Å². The molecule has 0 bridgehead atoms. The number of carbonyl (C=O) groups is 8. The van der Waals surface area contributed by atoms with Gasteiger partial charge in [0.15, 0.2) is 0 Å². The third-order valence-electron chi connectivity index (χ3n) is 1.87. The van der Waals surface area contributed by atoms with Crippen LogP contribution in [0.15, 0.2) is 36.5 Å². The van der Waals surface area contributed by atoms with Gasteiger partial charge in [0.05, 0.1) is 0 Å². The first-order chi connectivity index (χ1) is 16.2. The van der Waals surface area contributed by atoms with Crippen molar-refractivity contribution in [1.82, 2.24) is 9.80 Å². The second-order valence-corrected chi connectivity index (χ2v) is 5.38. The van der Waals surface area contributed by atoms with Crippen molar-refractivity contribution in [2.75, 3.05) is 28.2 Å². The molecule has 0 aliphatic rings. The van der Waals surface area contributed by atoms with Crippen LogP contribution >= 0.6 is 0 Å². The Kier molecular flexibility index (Phi) is 29.3. The molecule has 0 aromatic carbocycles. The summed E-state index contributed by atoms with van der Waals surface area (Å²) in [6.45, 7) is 0. The maximum atomic E-state index is 9.62. The summed E-state index contributed by atoms with van der Waals surface area (Å²) in [6.07, 6.45) is 1.53. The number of nitrogens with zero attached hydrogens (tertiary/aromatic N) is 2. The molecule has 0 fully saturated rings. The highest BCUT2D eigenvalue weighted by Crippen LogP contribution is 1.72. The van der Waals surface area contributed by atoms with Gasteiger partial charge in [-0.1, -0.05) is 0 Å². The second-order valence-electron chi connectivity index (χ2n) is 5.38. The van der Waals surface area contributed by atoms with Crippen LogP contribution in [0.5, 0.6) is 0 Å². The third kappa shape index (κ3) is 70.3. The molecule has 18 nitrogen and oxygen atoms in total. The van der Waals surface area contributed by atoms with Crippen LogP contribution in [0.4, 0.5) is 9.59 Å². The Morgan fingerprint density at radius 3 is 0.472 bits per heavy atom. The van der Waals surface area contributed by atoms with Crippen LogP contribution in [0, 0.1) is 0 Å². The average Bonchev–Trinajstić information content (AvgIpc) is 2.71. The van der Waals surface area contributed by atoms with E-state index in [9.17, 15) is 38.4 Å². The fraction of sp³-hybridized carbons (Fsp3) is 0.222. The van der Waals surface area contributed by atoms with E-state index < -0.39 is 48.0 Å². The maximum absolute atomic E-state index is 9.62. The smallest absolute Gasteiger partial charge is 0.406 e. The predicted molar refractivity (Wildman–Crippen MR) is 117 cm³/mol.